The van der Waals surface area contributed by atoms with Gasteiger partial charge in [0.2, 0.25) is 0 Å². The first-order valence-corrected chi connectivity index (χ1v) is 6.20. The van der Waals surface area contributed by atoms with Crippen LogP contribution < -0.4 is 16.4 Å². The van der Waals surface area contributed by atoms with Crippen LogP contribution in [0.5, 0.6) is 0 Å². The molecule has 1 saturated carbocycles. The number of hydrogen-bond donors (Lipinski definition) is 4. The van der Waals surface area contributed by atoms with Gasteiger partial charge in [0.25, 0.3) is 5.91 Å². The van der Waals surface area contributed by atoms with E-state index in [0.717, 1.165) is 12.6 Å². The molecule has 0 heterocycles. The van der Waals surface area contributed by atoms with Crippen molar-refractivity contribution in [3.8, 4) is 0 Å². The molecule has 1 aliphatic carbocycles. The van der Waals surface area contributed by atoms with Crippen LogP contribution in [-0.2, 0) is 0 Å². The van der Waals surface area contributed by atoms with E-state index in [9.17, 15) is 4.79 Å². The molecule has 1 aromatic carbocycles. The Labute approximate surface area is 112 Å². The molecule has 0 saturated heterocycles. The highest BCUT2D eigenvalue weighted by Crippen LogP contribution is 2.38. The van der Waals surface area contributed by atoms with E-state index in [-0.39, 0.29) is 11.9 Å². The number of amides is 1. The highest BCUT2D eigenvalue weighted by atomic mass is 16.1. The Morgan fingerprint density at radius 2 is 2.05 bits per heavy atom. The van der Waals surface area contributed by atoms with Gasteiger partial charge in [0.05, 0.1) is 5.70 Å². The Kier molecular flexibility index (Phi) is 3.97. The maximum atomic E-state index is 11.9. The third-order valence-corrected chi connectivity index (χ3v) is 3.15. The van der Waals surface area contributed by atoms with Gasteiger partial charge in [-0.3, -0.25) is 4.79 Å². The van der Waals surface area contributed by atoms with Crippen LogP contribution in [0.25, 0.3) is 0 Å². The molecule has 5 nitrogen and oxygen atoms in total. The van der Waals surface area contributed by atoms with E-state index in [0.29, 0.717) is 17.2 Å². The lowest BCUT2D eigenvalue weighted by atomic mass is 10.1. The van der Waals surface area contributed by atoms with Crippen molar-refractivity contribution in [1.82, 2.24) is 10.6 Å². The summed E-state index contributed by atoms with van der Waals surface area (Å²) in [5.74, 6) is 0.218. The van der Waals surface area contributed by atoms with Crippen LogP contribution in [0.4, 0.5) is 0 Å². The zero-order chi connectivity index (χ0) is 13.8. The highest BCUT2D eigenvalue weighted by Gasteiger charge is 2.34. The first-order chi connectivity index (χ1) is 9.15. The van der Waals surface area contributed by atoms with Crippen molar-refractivity contribution in [2.24, 2.45) is 5.73 Å². The predicted octanol–water partition coefficient (Wildman–Crippen LogP) is 0.941. The summed E-state index contributed by atoms with van der Waals surface area (Å²) >= 11 is 0. The standard InChI is InChI=1S/C14H18N4O/c1-17-8-11(7-15)18-14(19)10-4-2-9(3-5-10)12-6-13(12)16/h2-5,7-8,12-13,15,17H,6,16H2,1H3,(H,18,19)/b11-8+,15-7?. The van der Waals surface area contributed by atoms with Crippen molar-refractivity contribution >= 4 is 12.1 Å². The van der Waals surface area contributed by atoms with E-state index in [4.69, 9.17) is 11.1 Å². The van der Waals surface area contributed by atoms with Gasteiger partial charge in [-0.15, -0.1) is 0 Å². The summed E-state index contributed by atoms with van der Waals surface area (Å²) < 4.78 is 0. The summed E-state index contributed by atoms with van der Waals surface area (Å²) in [5.41, 5.74) is 7.97. The molecule has 2 rings (SSSR count). The Hall–Kier alpha value is -2.14. The number of carbonyl (C=O) groups is 1. The number of nitrogens with two attached hydrogens (primary N) is 1. The van der Waals surface area contributed by atoms with Crippen LogP contribution in [0.3, 0.4) is 0 Å². The van der Waals surface area contributed by atoms with Crippen LogP contribution in [-0.4, -0.2) is 25.2 Å². The van der Waals surface area contributed by atoms with E-state index in [1.807, 2.05) is 12.1 Å². The number of rotatable bonds is 5. The van der Waals surface area contributed by atoms with Gasteiger partial charge in [0.1, 0.15) is 0 Å². The molecule has 2 unspecified atom stereocenters. The Balaban J connectivity index is 2.03. The molecule has 5 N–H and O–H groups in total. The minimum absolute atomic E-state index is 0.225. The zero-order valence-electron chi connectivity index (χ0n) is 10.8. The second-order valence-corrected chi connectivity index (χ2v) is 4.61. The molecule has 0 bridgehead atoms. The quantitative estimate of drug-likeness (QED) is 0.592. The fourth-order valence-electron chi connectivity index (χ4n) is 1.95. The van der Waals surface area contributed by atoms with Crippen molar-refractivity contribution in [2.75, 3.05) is 7.05 Å². The molecule has 1 aromatic rings. The highest BCUT2D eigenvalue weighted by molar-refractivity contribution is 5.98. The smallest absolute Gasteiger partial charge is 0.255 e. The number of hydrogen-bond acceptors (Lipinski definition) is 4. The van der Waals surface area contributed by atoms with E-state index >= 15 is 0 Å². The minimum atomic E-state index is -0.225. The largest absolute Gasteiger partial charge is 0.392 e. The summed E-state index contributed by atoms with van der Waals surface area (Å²) in [6, 6.07) is 7.73. The van der Waals surface area contributed by atoms with Crippen molar-refractivity contribution in [3.63, 3.8) is 0 Å². The molecule has 1 fully saturated rings. The van der Waals surface area contributed by atoms with Gasteiger partial charge in [0, 0.05) is 37.0 Å². The van der Waals surface area contributed by atoms with Crippen molar-refractivity contribution < 1.29 is 4.79 Å². The molecule has 1 amide bonds. The Bertz CT molecular complexity index is 507. The third-order valence-electron chi connectivity index (χ3n) is 3.15. The molecule has 0 radical (unpaired) electrons. The van der Waals surface area contributed by atoms with Gasteiger partial charge in [-0.05, 0) is 24.1 Å². The molecule has 0 spiro atoms. The molecule has 1 aliphatic rings. The van der Waals surface area contributed by atoms with Crippen LogP contribution in [0, 0.1) is 5.41 Å². The molecule has 0 aromatic heterocycles. The fourth-order valence-corrected chi connectivity index (χ4v) is 1.95. The lowest BCUT2D eigenvalue weighted by Gasteiger charge is -2.06. The summed E-state index contributed by atoms with van der Waals surface area (Å²) in [7, 11) is 1.71. The second kappa shape index (κ2) is 5.67. The molecular weight excluding hydrogens is 240 g/mol. The Morgan fingerprint density at radius 1 is 1.42 bits per heavy atom. The van der Waals surface area contributed by atoms with Gasteiger partial charge >= 0.3 is 0 Å². The number of nitrogens with one attached hydrogen (secondary N) is 3. The molecular formula is C14H18N4O. The maximum absolute atomic E-state index is 11.9. The number of benzene rings is 1. The summed E-state index contributed by atoms with van der Waals surface area (Å²) in [6.45, 7) is 0. The first kappa shape index (κ1) is 13.3. The van der Waals surface area contributed by atoms with Gasteiger partial charge < -0.3 is 21.8 Å². The molecule has 5 heteroatoms. The topological polar surface area (TPSA) is 91.0 Å². The monoisotopic (exact) mass is 258 g/mol. The van der Waals surface area contributed by atoms with E-state index in [1.165, 1.54) is 5.56 Å². The van der Waals surface area contributed by atoms with Crippen LogP contribution in [0.15, 0.2) is 36.2 Å². The van der Waals surface area contributed by atoms with Crippen LogP contribution >= 0.6 is 0 Å². The van der Waals surface area contributed by atoms with Gasteiger partial charge in [0.15, 0.2) is 0 Å². The molecule has 2 atom stereocenters. The predicted molar refractivity (Wildman–Crippen MR) is 75.2 cm³/mol. The number of allylic oxidation sites excluding steroid dienone is 1. The van der Waals surface area contributed by atoms with Gasteiger partial charge in [-0.1, -0.05) is 12.1 Å². The fraction of sp³-hybridized carbons (Fsp3) is 0.286. The normalized spacial score (nSPS) is 21.7. The average molecular weight is 258 g/mol. The zero-order valence-corrected chi connectivity index (χ0v) is 10.8. The molecule has 0 aliphatic heterocycles. The minimum Gasteiger partial charge on any atom is -0.392 e. The van der Waals surface area contributed by atoms with E-state index < -0.39 is 0 Å². The van der Waals surface area contributed by atoms with Crippen molar-refractivity contribution in [2.45, 2.75) is 18.4 Å². The number of carbonyl (C=O) groups excluding carboxylic acids is 1. The summed E-state index contributed by atoms with van der Waals surface area (Å²) in [5, 5.41) is 12.6. The third kappa shape index (κ3) is 3.20. The first-order valence-electron chi connectivity index (χ1n) is 6.20. The SMILES string of the molecule is CN/C=C(\C=N)NC(=O)c1ccc(C2CC2N)cc1. The van der Waals surface area contributed by atoms with Crippen LogP contribution in [0.2, 0.25) is 0 Å². The average Bonchev–Trinajstić information content (AvgIpc) is 3.15. The van der Waals surface area contributed by atoms with Crippen molar-refractivity contribution in [3.05, 3.63) is 47.3 Å². The molecule has 100 valence electrons. The summed E-state index contributed by atoms with van der Waals surface area (Å²) in [4.78, 5) is 11.9. The second-order valence-electron chi connectivity index (χ2n) is 4.61. The maximum Gasteiger partial charge on any atom is 0.255 e. The van der Waals surface area contributed by atoms with Crippen molar-refractivity contribution in [1.29, 1.82) is 5.41 Å². The van der Waals surface area contributed by atoms with E-state index in [2.05, 4.69) is 10.6 Å². The lowest BCUT2D eigenvalue weighted by Crippen LogP contribution is -2.24. The van der Waals surface area contributed by atoms with E-state index in [1.54, 1.807) is 25.4 Å². The lowest BCUT2D eigenvalue weighted by molar-refractivity contribution is 0.0968. The van der Waals surface area contributed by atoms with Gasteiger partial charge in [-0.2, -0.15) is 0 Å². The Morgan fingerprint density at radius 3 is 2.53 bits per heavy atom. The van der Waals surface area contributed by atoms with Gasteiger partial charge in [-0.25, -0.2) is 0 Å². The van der Waals surface area contributed by atoms with Crippen LogP contribution in [0.1, 0.15) is 28.3 Å². The molecule has 19 heavy (non-hydrogen) atoms. The summed E-state index contributed by atoms with van der Waals surface area (Å²) in [6.07, 6.45) is 3.67.